The number of carbonyl (C=O) groups is 1. The highest BCUT2D eigenvalue weighted by molar-refractivity contribution is 7.45. The Labute approximate surface area is 315 Å². The summed E-state index contributed by atoms with van der Waals surface area (Å²) in [6, 6.07) is -0.904. The minimum atomic E-state index is -4.59. The number of carbonyl (C=O) groups excluding carboxylic acids is 1. The largest absolute Gasteiger partial charge is 0.756 e. The third-order valence-electron chi connectivity index (χ3n) is 9.07. The van der Waals surface area contributed by atoms with E-state index in [-0.39, 0.29) is 12.5 Å². The van der Waals surface area contributed by atoms with Gasteiger partial charge in [0.15, 0.2) is 0 Å². The summed E-state index contributed by atoms with van der Waals surface area (Å²) >= 11 is 0. The number of phosphoric ester groups is 1. The monoisotopic (exact) mass is 741 g/mol. The number of quaternary nitrogens is 1. The molecule has 0 aliphatic rings. The molecule has 300 valence electrons. The van der Waals surface area contributed by atoms with Crippen molar-refractivity contribution < 1.29 is 32.9 Å². The summed E-state index contributed by atoms with van der Waals surface area (Å²) in [6.07, 6.45) is 40.4. The van der Waals surface area contributed by atoms with Gasteiger partial charge in [-0.15, -0.1) is 0 Å². The van der Waals surface area contributed by atoms with Crippen molar-refractivity contribution in [2.75, 3.05) is 40.9 Å². The zero-order chi connectivity index (χ0) is 37.9. The number of amides is 1. The van der Waals surface area contributed by atoms with E-state index in [2.05, 4.69) is 43.5 Å². The van der Waals surface area contributed by atoms with Gasteiger partial charge in [0.1, 0.15) is 13.2 Å². The molecule has 2 N–H and O–H groups in total. The Morgan fingerprint density at radius 3 is 1.59 bits per heavy atom. The predicted octanol–water partition coefficient (Wildman–Crippen LogP) is 10.5. The molecule has 0 aromatic heterocycles. The molecule has 0 saturated carbocycles. The third-order valence-corrected chi connectivity index (χ3v) is 10.0. The van der Waals surface area contributed by atoms with E-state index in [1.165, 1.54) is 103 Å². The van der Waals surface area contributed by atoms with Gasteiger partial charge in [-0.3, -0.25) is 9.36 Å². The van der Waals surface area contributed by atoms with Crippen LogP contribution in [0.25, 0.3) is 0 Å². The predicted molar refractivity (Wildman–Crippen MR) is 215 cm³/mol. The van der Waals surface area contributed by atoms with Crippen molar-refractivity contribution >= 4 is 13.7 Å². The molecule has 0 radical (unpaired) electrons. The molecule has 51 heavy (non-hydrogen) atoms. The molecule has 0 aromatic carbocycles. The molecule has 0 aliphatic carbocycles. The summed E-state index contributed by atoms with van der Waals surface area (Å²) in [5.41, 5.74) is 0. The molecular formula is C42H81N2O6P. The highest BCUT2D eigenvalue weighted by Crippen LogP contribution is 2.38. The first-order chi connectivity index (χ1) is 24.5. The number of allylic oxidation sites excluding steroid dienone is 5. The number of nitrogens with one attached hydrogen (secondary N) is 1. The number of phosphoric acid groups is 1. The lowest BCUT2D eigenvalue weighted by Crippen LogP contribution is -2.45. The number of unbranched alkanes of at least 4 members (excludes halogenated alkanes) is 20. The van der Waals surface area contributed by atoms with Crippen LogP contribution < -0.4 is 10.2 Å². The van der Waals surface area contributed by atoms with Crippen molar-refractivity contribution in [3.05, 3.63) is 36.5 Å². The number of hydrogen-bond acceptors (Lipinski definition) is 6. The third kappa shape index (κ3) is 36.9. The highest BCUT2D eigenvalue weighted by Gasteiger charge is 2.23. The quantitative estimate of drug-likeness (QED) is 0.0284. The second kappa shape index (κ2) is 34.5. The van der Waals surface area contributed by atoms with E-state index in [1.54, 1.807) is 6.08 Å². The van der Waals surface area contributed by atoms with Gasteiger partial charge in [0.2, 0.25) is 5.91 Å². The first-order valence-electron chi connectivity index (χ1n) is 20.9. The molecule has 0 aromatic rings. The Morgan fingerprint density at radius 2 is 1.10 bits per heavy atom. The molecule has 0 rings (SSSR count). The molecule has 0 fully saturated rings. The Morgan fingerprint density at radius 1 is 0.667 bits per heavy atom. The van der Waals surface area contributed by atoms with Gasteiger partial charge >= 0.3 is 0 Å². The van der Waals surface area contributed by atoms with Gasteiger partial charge < -0.3 is 28.8 Å². The van der Waals surface area contributed by atoms with Gasteiger partial charge in [-0.1, -0.05) is 147 Å². The zero-order valence-corrected chi connectivity index (χ0v) is 34.7. The second-order valence-corrected chi connectivity index (χ2v) is 16.7. The molecule has 0 heterocycles. The van der Waals surface area contributed by atoms with Crippen LogP contribution in [-0.2, 0) is 18.4 Å². The number of aliphatic hydroxyl groups excluding tert-OH is 1. The van der Waals surface area contributed by atoms with Crippen LogP contribution >= 0.6 is 7.82 Å². The lowest BCUT2D eigenvalue weighted by Gasteiger charge is -2.29. The summed E-state index contributed by atoms with van der Waals surface area (Å²) in [5, 5.41) is 13.7. The van der Waals surface area contributed by atoms with E-state index in [9.17, 15) is 19.4 Å². The number of rotatable bonds is 37. The summed E-state index contributed by atoms with van der Waals surface area (Å²) in [7, 11) is 1.23. The molecule has 3 unspecified atom stereocenters. The minimum absolute atomic E-state index is 0.00816. The fraction of sp³-hybridized carbons (Fsp3) is 0.833. The Bertz CT molecular complexity index is 933. The van der Waals surface area contributed by atoms with E-state index >= 15 is 0 Å². The molecule has 1 amide bonds. The molecule has 8 nitrogen and oxygen atoms in total. The zero-order valence-electron chi connectivity index (χ0n) is 33.8. The average molecular weight is 741 g/mol. The standard InChI is InChI=1S/C42H81N2O6P/c1-6-8-10-12-14-16-18-20-21-22-24-26-28-30-32-34-36-42(46)43-40(39-50-51(47,48)49-38-37-44(3,4)5)41(45)35-33-31-29-27-25-23-19-17-15-13-11-9-7-2/h21-22,25,27,33,35,40-41,45H,6-20,23-24,26,28-32,34,36-39H2,1-5H3,(H-,43,46,47,48)/b22-21-,27-25+,35-33+. The van der Waals surface area contributed by atoms with Crippen LogP contribution in [0.4, 0.5) is 0 Å². The normalized spacial score (nSPS) is 14.9. The summed E-state index contributed by atoms with van der Waals surface area (Å²) in [6.45, 7) is 4.59. The van der Waals surface area contributed by atoms with E-state index in [0.717, 1.165) is 51.4 Å². The summed E-state index contributed by atoms with van der Waals surface area (Å²) in [4.78, 5) is 25.2. The van der Waals surface area contributed by atoms with Crippen molar-refractivity contribution in [3.63, 3.8) is 0 Å². The number of nitrogens with zero attached hydrogens (tertiary/aromatic N) is 1. The van der Waals surface area contributed by atoms with Crippen molar-refractivity contribution in [2.45, 2.75) is 187 Å². The minimum Gasteiger partial charge on any atom is -0.756 e. The van der Waals surface area contributed by atoms with E-state index in [4.69, 9.17) is 9.05 Å². The molecule has 0 bridgehead atoms. The van der Waals surface area contributed by atoms with Gasteiger partial charge in [-0.05, 0) is 57.8 Å². The SMILES string of the molecule is CCCCCCCCC/C=C\CCCCCCCC(=O)NC(COP(=O)([O-])OCC[N+](C)(C)C)C(O)/C=C/CC/C=C/CCCCCCCCC. The van der Waals surface area contributed by atoms with E-state index in [1.807, 2.05) is 27.2 Å². The number of likely N-dealkylation sites (N-methyl/N-ethyl adjacent to an activating group) is 1. The highest BCUT2D eigenvalue weighted by atomic mass is 31.2. The van der Waals surface area contributed by atoms with Gasteiger partial charge in [-0.2, -0.15) is 0 Å². The summed E-state index contributed by atoms with van der Waals surface area (Å²) in [5.74, 6) is -0.218. The molecular weight excluding hydrogens is 659 g/mol. The smallest absolute Gasteiger partial charge is 0.268 e. The van der Waals surface area contributed by atoms with E-state index in [0.29, 0.717) is 17.4 Å². The summed E-state index contributed by atoms with van der Waals surface area (Å²) < 4.78 is 23.1. The average Bonchev–Trinajstić information content (AvgIpc) is 3.07. The van der Waals surface area contributed by atoms with Crippen molar-refractivity contribution in [1.29, 1.82) is 0 Å². The van der Waals surface area contributed by atoms with Crippen LogP contribution in [0.2, 0.25) is 0 Å². The maximum absolute atomic E-state index is 12.8. The van der Waals surface area contributed by atoms with Gasteiger partial charge in [0.05, 0.1) is 39.9 Å². The fourth-order valence-electron chi connectivity index (χ4n) is 5.69. The Balaban J connectivity index is 4.53. The first kappa shape index (κ1) is 49.7. The molecule has 3 atom stereocenters. The van der Waals surface area contributed by atoms with Crippen LogP contribution in [0.15, 0.2) is 36.5 Å². The number of aliphatic hydroxyl groups is 1. The molecule has 0 aliphatic heterocycles. The van der Waals surface area contributed by atoms with Crippen molar-refractivity contribution in [1.82, 2.24) is 5.32 Å². The first-order valence-corrected chi connectivity index (χ1v) is 22.3. The van der Waals surface area contributed by atoms with Gasteiger partial charge in [0.25, 0.3) is 7.82 Å². The Kier molecular flexibility index (Phi) is 33.6. The topological polar surface area (TPSA) is 108 Å². The lowest BCUT2D eigenvalue weighted by atomic mass is 10.1. The van der Waals surface area contributed by atoms with Crippen LogP contribution in [0.5, 0.6) is 0 Å². The van der Waals surface area contributed by atoms with Gasteiger partial charge in [-0.25, -0.2) is 0 Å². The lowest BCUT2D eigenvalue weighted by molar-refractivity contribution is -0.870. The van der Waals surface area contributed by atoms with Crippen LogP contribution in [-0.4, -0.2) is 68.5 Å². The Hall–Kier alpha value is -1.28. The molecule has 0 spiro atoms. The maximum atomic E-state index is 12.8. The van der Waals surface area contributed by atoms with E-state index < -0.39 is 26.6 Å². The van der Waals surface area contributed by atoms with Crippen LogP contribution in [0.3, 0.4) is 0 Å². The fourth-order valence-corrected chi connectivity index (χ4v) is 6.41. The number of hydrogen-bond donors (Lipinski definition) is 2. The second-order valence-electron chi connectivity index (χ2n) is 15.3. The van der Waals surface area contributed by atoms with Crippen molar-refractivity contribution in [3.8, 4) is 0 Å². The van der Waals surface area contributed by atoms with Crippen molar-refractivity contribution in [2.24, 2.45) is 0 Å². The van der Waals surface area contributed by atoms with Crippen LogP contribution in [0, 0.1) is 0 Å². The molecule has 0 saturated heterocycles. The molecule has 9 heteroatoms. The maximum Gasteiger partial charge on any atom is 0.268 e. The van der Waals surface area contributed by atoms with Crippen LogP contribution in [0.1, 0.15) is 174 Å². The van der Waals surface area contributed by atoms with Gasteiger partial charge in [0, 0.05) is 6.42 Å².